The van der Waals surface area contributed by atoms with E-state index in [0.717, 1.165) is 11.3 Å². The number of carbonyl (C=O) groups excluding carboxylic acids is 1. The zero-order valence-corrected chi connectivity index (χ0v) is 19.5. The number of anilines is 1. The van der Waals surface area contributed by atoms with Crippen LogP contribution in [0.2, 0.25) is 0 Å². The molecule has 2 aromatic heterocycles. The third-order valence-corrected chi connectivity index (χ3v) is 6.20. The number of ether oxygens (including phenoxy) is 3. The molecular formula is C27H23N5O4. The van der Waals surface area contributed by atoms with Gasteiger partial charge in [0.15, 0.2) is 17.1 Å². The van der Waals surface area contributed by atoms with E-state index in [1.165, 1.54) is 0 Å². The molecule has 9 heteroatoms. The minimum atomic E-state index is -0.310. The van der Waals surface area contributed by atoms with Crippen LogP contribution >= 0.6 is 0 Å². The molecule has 1 aliphatic rings. The number of fused-ring (bicyclic) bond motifs is 3. The molecule has 36 heavy (non-hydrogen) atoms. The first-order valence-electron chi connectivity index (χ1n) is 11.5. The van der Waals surface area contributed by atoms with Gasteiger partial charge in [-0.05, 0) is 48.4 Å². The van der Waals surface area contributed by atoms with Crippen molar-refractivity contribution in [3.05, 3.63) is 77.9 Å². The Balaban J connectivity index is 1.39. The van der Waals surface area contributed by atoms with Crippen LogP contribution in [0.15, 0.2) is 66.7 Å². The van der Waals surface area contributed by atoms with Gasteiger partial charge in [-0.3, -0.25) is 9.36 Å². The lowest BCUT2D eigenvalue weighted by Gasteiger charge is -2.09. The molecule has 5 aromatic rings. The van der Waals surface area contributed by atoms with Crippen LogP contribution in [0.5, 0.6) is 17.2 Å². The number of nitrogen functional groups attached to an aromatic ring is 1. The van der Waals surface area contributed by atoms with E-state index in [1.54, 1.807) is 11.7 Å². The monoisotopic (exact) mass is 481 g/mol. The van der Waals surface area contributed by atoms with Gasteiger partial charge >= 0.3 is 0 Å². The highest BCUT2D eigenvalue weighted by Gasteiger charge is 2.25. The van der Waals surface area contributed by atoms with Crippen LogP contribution in [-0.4, -0.2) is 40.9 Å². The zero-order chi connectivity index (χ0) is 24.6. The average molecular weight is 482 g/mol. The molecular weight excluding hydrogens is 458 g/mol. The van der Waals surface area contributed by atoms with Crippen LogP contribution < -0.4 is 25.3 Å². The standard InChI is InChI=1S/C27H23N5O4/c1-34-18-9-6-16(7-10-18)12-13-29-27(33)23-24-26(31-20-5-3-2-4-19(20)30-24)32(25(23)28)17-8-11-21-22(14-17)36-15-35-21/h2-11,14H,12-13,15,28H2,1H3,(H,29,33). The summed E-state index contributed by atoms with van der Waals surface area (Å²) in [6.07, 6.45) is 0.658. The summed E-state index contributed by atoms with van der Waals surface area (Å²) in [7, 11) is 1.63. The second kappa shape index (κ2) is 8.77. The highest BCUT2D eigenvalue weighted by Crippen LogP contribution is 2.37. The maximum atomic E-state index is 13.4. The SMILES string of the molecule is COc1ccc(CCNC(=O)c2c(N)n(-c3ccc4c(c3)OCO4)c3nc4ccccc4nc23)cc1. The summed E-state index contributed by atoms with van der Waals surface area (Å²) in [5, 5.41) is 2.99. The van der Waals surface area contributed by atoms with Crippen LogP contribution in [0.4, 0.5) is 5.82 Å². The number of benzene rings is 3. The van der Waals surface area contributed by atoms with E-state index < -0.39 is 0 Å². The van der Waals surface area contributed by atoms with E-state index in [2.05, 4.69) is 5.32 Å². The maximum Gasteiger partial charge on any atom is 0.257 e. The fourth-order valence-corrected chi connectivity index (χ4v) is 4.37. The Morgan fingerprint density at radius 2 is 1.78 bits per heavy atom. The molecule has 6 rings (SSSR count). The number of aromatic nitrogens is 3. The van der Waals surface area contributed by atoms with Gasteiger partial charge in [0, 0.05) is 12.6 Å². The van der Waals surface area contributed by atoms with Crippen molar-refractivity contribution >= 4 is 33.9 Å². The van der Waals surface area contributed by atoms with E-state index in [0.29, 0.717) is 52.3 Å². The van der Waals surface area contributed by atoms with Gasteiger partial charge in [0.2, 0.25) is 6.79 Å². The first kappa shape index (κ1) is 21.7. The third kappa shape index (κ3) is 3.70. The van der Waals surface area contributed by atoms with Crippen LogP contribution in [0, 0.1) is 0 Å². The normalized spacial score (nSPS) is 12.2. The lowest BCUT2D eigenvalue weighted by atomic mass is 10.1. The van der Waals surface area contributed by atoms with Crippen molar-refractivity contribution in [3.63, 3.8) is 0 Å². The molecule has 3 N–H and O–H groups in total. The zero-order valence-electron chi connectivity index (χ0n) is 19.5. The molecule has 180 valence electrons. The van der Waals surface area contributed by atoms with Gasteiger partial charge in [0.05, 0.1) is 23.8 Å². The summed E-state index contributed by atoms with van der Waals surface area (Å²) in [6.45, 7) is 0.593. The summed E-state index contributed by atoms with van der Waals surface area (Å²) in [5.74, 6) is 1.99. The Morgan fingerprint density at radius 3 is 2.56 bits per heavy atom. The molecule has 0 spiro atoms. The van der Waals surface area contributed by atoms with Crippen molar-refractivity contribution in [1.29, 1.82) is 0 Å². The molecule has 0 fully saturated rings. The van der Waals surface area contributed by atoms with Crippen LogP contribution in [0.25, 0.3) is 27.9 Å². The van der Waals surface area contributed by atoms with Crippen molar-refractivity contribution < 1.29 is 19.0 Å². The minimum absolute atomic E-state index is 0.160. The van der Waals surface area contributed by atoms with E-state index in [-0.39, 0.29) is 24.1 Å². The number of amides is 1. The Morgan fingerprint density at radius 1 is 1.03 bits per heavy atom. The second-order valence-corrected chi connectivity index (χ2v) is 8.37. The van der Waals surface area contributed by atoms with E-state index in [1.807, 2.05) is 66.7 Å². The molecule has 3 aromatic carbocycles. The summed E-state index contributed by atoms with van der Waals surface area (Å²) in [5.41, 5.74) is 11.0. The average Bonchev–Trinajstić information content (AvgIpc) is 3.48. The van der Waals surface area contributed by atoms with Gasteiger partial charge in [-0.25, -0.2) is 9.97 Å². The molecule has 9 nitrogen and oxygen atoms in total. The Hall–Kier alpha value is -4.79. The molecule has 0 atom stereocenters. The quantitative estimate of drug-likeness (QED) is 0.379. The molecule has 3 heterocycles. The molecule has 0 saturated carbocycles. The summed E-state index contributed by atoms with van der Waals surface area (Å²) >= 11 is 0. The molecule has 0 saturated heterocycles. The first-order chi connectivity index (χ1) is 17.6. The summed E-state index contributed by atoms with van der Waals surface area (Å²) in [6, 6.07) is 20.7. The van der Waals surface area contributed by atoms with Crippen molar-refractivity contribution in [2.45, 2.75) is 6.42 Å². The number of nitrogens with zero attached hydrogens (tertiary/aromatic N) is 3. The van der Waals surface area contributed by atoms with Crippen LogP contribution in [0.3, 0.4) is 0 Å². The number of methoxy groups -OCH3 is 1. The predicted molar refractivity (Wildman–Crippen MR) is 136 cm³/mol. The Kier molecular flexibility index (Phi) is 5.29. The molecule has 0 unspecified atom stereocenters. The van der Waals surface area contributed by atoms with Crippen LogP contribution in [0.1, 0.15) is 15.9 Å². The largest absolute Gasteiger partial charge is 0.497 e. The second-order valence-electron chi connectivity index (χ2n) is 8.37. The number of rotatable bonds is 6. The summed E-state index contributed by atoms with van der Waals surface area (Å²) in [4.78, 5) is 23.0. The van der Waals surface area contributed by atoms with Gasteiger partial charge in [-0.1, -0.05) is 24.3 Å². The van der Waals surface area contributed by atoms with Crippen molar-refractivity contribution in [1.82, 2.24) is 19.9 Å². The molecule has 1 amide bonds. The lowest BCUT2D eigenvalue weighted by Crippen LogP contribution is -2.26. The first-order valence-corrected chi connectivity index (χ1v) is 11.5. The topological polar surface area (TPSA) is 114 Å². The van der Waals surface area contributed by atoms with Gasteiger partial charge in [-0.2, -0.15) is 0 Å². The molecule has 0 radical (unpaired) electrons. The number of hydrogen-bond acceptors (Lipinski definition) is 7. The van der Waals surface area contributed by atoms with Gasteiger partial charge in [-0.15, -0.1) is 0 Å². The fraction of sp³-hybridized carbons (Fsp3) is 0.148. The number of para-hydroxylation sites is 2. The van der Waals surface area contributed by atoms with Gasteiger partial charge < -0.3 is 25.3 Å². The van der Waals surface area contributed by atoms with Crippen molar-refractivity contribution in [3.8, 4) is 22.9 Å². The predicted octanol–water partition coefficient (Wildman–Crippen LogP) is 3.87. The molecule has 0 aliphatic carbocycles. The molecule has 1 aliphatic heterocycles. The number of nitrogens with one attached hydrogen (secondary N) is 1. The number of hydrogen-bond donors (Lipinski definition) is 2. The number of nitrogens with two attached hydrogens (primary N) is 1. The molecule has 0 bridgehead atoms. The highest BCUT2D eigenvalue weighted by atomic mass is 16.7. The van der Waals surface area contributed by atoms with E-state index in [4.69, 9.17) is 29.9 Å². The van der Waals surface area contributed by atoms with E-state index >= 15 is 0 Å². The highest BCUT2D eigenvalue weighted by molar-refractivity contribution is 6.11. The maximum absolute atomic E-state index is 13.4. The summed E-state index contributed by atoms with van der Waals surface area (Å²) < 4.78 is 17.9. The van der Waals surface area contributed by atoms with E-state index in [9.17, 15) is 4.79 Å². The Bertz CT molecular complexity index is 1610. The fourth-order valence-electron chi connectivity index (χ4n) is 4.37. The van der Waals surface area contributed by atoms with Crippen LogP contribution in [-0.2, 0) is 6.42 Å². The Labute approximate surface area is 206 Å². The van der Waals surface area contributed by atoms with Gasteiger partial charge in [0.1, 0.15) is 22.6 Å². The number of carbonyl (C=O) groups is 1. The smallest absolute Gasteiger partial charge is 0.257 e. The van der Waals surface area contributed by atoms with Crippen molar-refractivity contribution in [2.24, 2.45) is 0 Å². The van der Waals surface area contributed by atoms with Crippen molar-refractivity contribution in [2.75, 3.05) is 26.2 Å². The minimum Gasteiger partial charge on any atom is -0.497 e. The van der Waals surface area contributed by atoms with Gasteiger partial charge in [0.25, 0.3) is 5.91 Å². The third-order valence-electron chi connectivity index (χ3n) is 6.20. The lowest BCUT2D eigenvalue weighted by molar-refractivity contribution is 0.0956.